The standard InChI is InChI=1S/C15H19ClFN3O/c1-9(2)18-15(21)10(3)20-13-5-4-11(17)8-12(13)19-14(20)6-7-16/h4-5,8-10H,6-7H2,1-3H3,(H,18,21). The number of aryl methyl sites for hydroxylation is 1. The normalized spacial score (nSPS) is 12.9. The Hall–Kier alpha value is -1.62. The quantitative estimate of drug-likeness (QED) is 0.863. The third kappa shape index (κ3) is 3.35. The molecule has 1 amide bonds. The largest absolute Gasteiger partial charge is 0.352 e. The zero-order valence-corrected chi connectivity index (χ0v) is 13.1. The summed E-state index contributed by atoms with van der Waals surface area (Å²) in [5.74, 6) is 0.648. The Morgan fingerprint density at radius 2 is 2.14 bits per heavy atom. The minimum absolute atomic E-state index is 0.0589. The maximum absolute atomic E-state index is 13.3. The van der Waals surface area contributed by atoms with Crippen LogP contribution in [0.15, 0.2) is 18.2 Å². The van der Waals surface area contributed by atoms with Crippen LogP contribution in [0.5, 0.6) is 0 Å². The van der Waals surface area contributed by atoms with Crippen LogP contribution in [0.25, 0.3) is 11.0 Å². The van der Waals surface area contributed by atoms with Crippen LogP contribution in [0.1, 0.15) is 32.6 Å². The molecule has 114 valence electrons. The predicted octanol–water partition coefficient (Wildman–Crippen LogP) is 3.04. The number of nitrogens with one attached hydrogen (secondary N) is 1. The number of carbonyl (C=O) groups excluding carboxylic acids is 1. The first kappa shape index (κ1) is 15.8. The third-order valence-electron chi connectivity index (χ3n) is 3.24. The molecule has 0 aliphatic carbocycles. The summed E-state index contributed by atoms with van der Waals surface area (Å²) in [7, 11) is 0. The fourth-order valence-electron chi connectivity index (χ4n) is 2.34. The lowest BCUT2D eigenvalue weighted by atomic mass is 10.2. The van der Waals surface area contributed by atoms with Gasteiger partial charge in [0.2, 0.25) is 5.91 Å². The van der Waals surface area contributed by atoms with Gasteiger partial charge >= 0.3 is 0 Å². The summed E-state index contributed by atoms with van der Waals surface area (Å²) in [4.78, 5) is 16.7. The van der Waals surface area contributed by atoms with Gasteiger partial charge in [-0.1, -0.05) is 0 Å². The Kier molecular flexibility index (Phi) is 4.83. The minimum Gasteiger partial charge on any atom is -0.352 e. The molecule has 2 aromatic rings. The molecule has 0 aliphatic heterocycles. The molecule has 1 unspecified atom stereocenters. The Balaban J connectivity index is 2.49. The zero-order chi connectivity index (χ0) is 15.6. The zero-order valence-electron chi connectivity index (χ0n) is 12.4. The lowest BCUT2D eigenvalue weighted by molar-refractivity contribution is -0.124. The van der Waals surface area contributed by atoms with Gasteiger partial charge in [0.15, 0.2) is 0 Å². The number of fused-ring (bicyclic) bond motifs is 1. The minimum atomic E-state index is -0.430. The van der Waals surface area contributed by atoms with Crippen molar-refractivity contribution in [2.75, 3.05) is 5.88 Å². The molecule has 1 heterocycles. The summed E-state index contributed by atoms with van der Waals surface area (Å²) in [6.07, 6.45) is 0.525. The first-order valence-corrected chi connectivity index (χ1v) is 7.50. The van der Waals surface area contributed by atoms with E-state index in [4.69, 9.17) is 11.6 Å². The van der Waals surface area contributed by atoms with Crippen molar-refractivity contribution in [3.63, 3.8) is 0 Å². The van der Waals surface area contributed by atoms with Crippen LogP contribution in [0.2, 0.25) is 0 Å². The van der Waals surface area contributed by atoms with Crippen molar-refractivity contribution in [1.29, 1.82) is 0 Å². The second-order valence-corrected chi connectivity index (χ2v) is 5.69. The van der Waals surface area contributed by atoms with Gasteiger partial charge in [0.1, 0.15) is 17.7 Å². The number of halogens is 2. The molecule has 0 fully saturated rings. The maximum Gasteiger partial charge on any atom is 0.243 e. The number of amides is 1. The second kappa shape index (κ2) is 6.43. The molecule has 6 heteroatoms. The fraction of sp³-hybridized carbons (Fsp3) is 0.467. The molecule has 0 aliphatic rings. The molecule has 0 saturated carbocycles. The highest BCUT2D eigenvalue weighted by atomic mass is 35.5. The van der Waals surface area contributed by atoms with Gasteiger partial charge in [-0.15, -0.1) is 11.6 Å². The molecule has 21 heavy (non-hydrogen) atoms. The van der Waals surface area contributed by atoms with Gasteiger partial charge in [0.05, 0.1) is 11.0 Å². The number of nitrogens with zero attached hydrogens (tertiary/aromatic N) is 2. The number of alkyl halides is 1. The molecule has 0 radical (unpaired) electrons. The van der Waals surface area contributed by atoms with Crippen molar-refractivity contribution in [1.82, 2.24) is 14.9 Å². The van der Waals surface area contributed by atoms with Crippen molar-refractivity contribution >= 4 is 28.5 Å². The predicted molar refractivity (Wildman–Crippen MR) is 82.1 cm³/mol. The summed E-state index contributed by atoms with van der Waals surface area (Å²) in [6, 6.07) is 4.02. The fourth-order valence-corrected chi connectivity index (χ4v) is 2.51. The van der Waals surface area contributed by atoms with Crippen LogP contribution < -0.4 is 5.32 Å². The van der Waals surface area contributed by atoms with Gasteiger partial charge in [0.25, 0.3) is 0 Å². The highest BCUT2D eigenvalue weighted by Gasteiger charge is 2.21. The first-order valence-electron chi connectivity index (χ1n) is 6.96. The Bertz CT molecular complexity index is 654. The van der Waals surface area contributed by atoms with Gasteiger partial charge in [-0.05, 0) is 32.9 Å². The molecule has 1 atom stereocenters. The molecule has 2 rings (SSSR count). The van der Waals surface area contributed by atoms with E-state index in [2.05, 4.69) is 10.3 Å². The van der Waals surface area contributed by atoms with E-state index < -0.39 is 6.04 Å². The SMILES string of the molecule is CC(C)NC(=O)C(C)n1c(CCCl)nc2cc(F)ccc21. The van der Waals surface area contributed by atoms with Crippen molar-refractivity contribution in [2.24, 2.45) is 0 Å². The van der Waals surface area contributed by atoms with E-state index in [-0.39, 0.29) is 17.8 Å². The lowest BCUT2D eigenvalue weighted by Crippen LogP contribution is -2.36. The van der Waals surface area contributed by atoms with E-state index in [0.29, 0.717) is 23.6 Å². The summed E-state index contributed by atoms with van der Waals surface area (Å²) >= 11 is 5.81. The number of hydrogen-bond donors (Lipinski definition) is 1. The number of rotatable bonds is 5. The summed E-state index contributed by atoms with van der Waals surface area (Å²) < 4.78 is 15.2. The van der Waals surface area contributed by atoms with E-state index in [1.54, 1.807) is 13.0 Å². The smallest absolute Gasteiger partial charge is 0.243 e. The van der Waals surface area contributed by atoms with E-state index in [1.165, 1.54) is 12.1 Å². The number of imidazole rings is 1. The van der Waals surface area contributed by atoms with Crippen LogP contribution in [0, 0.1) is 5.82 Å². The average molecular weight is 312 g/mol. The molecule has 1 aromatic heterocycles. The number of aromatic nitrogens is 2. The molecule has 1 N–H and O–H groups in total. The van der Waals surface area contributed by atoms with Gasteiger partial charge in [-0.25, -0.2) is 9.37 Å². The molecule has 4 nitrogen and oxygen atoms in total. The summed E-state index contributed by atoms with van der Waals surface area (Å²) in [5, 5.41) is 2.88. The van der Waals surface area contributed by atoms with Crippen LogP contribution in [-0.4, -0.2) is 27.4 Å². The van der Waals surface area contributed by atoms with Crippen LogP contribution >= 0.6 is 11.6 Å². The highest BCUT2D eigenvalue weighted by molar-refractivity contribution is 6.17. The van der Waals surface area contributed by atoms with Crippen LogP contribution in [-0.2, 0) is 11.2 Å². The van der Waals surface area contributed by atoms with Gasteiger partial charge in [-0.2, -0.15) is 0 Å². The molecule has 0 spiro atoms. The number of hydrogen-bond acceptors (Lipinski definition) is 2. The van der Waals surface area contributed by atoms with Crippen molar-refractivity contribution < 1.29 is 9.18 Å². The Morgan fingerprint density at radius 3 is 2.76 bits per heavy atom. The molecule has 0 bridgehead atoms. The summed E-state index contributed by atoms with van der Waals surface area (Å²) in [6.45, 7) is 5.62. The average Bonchev–Trinajstić information content (AvgIpc) is 2.74. The van der Waals surface area contributed by atoms with Crippen molar-refractivity contribution in [3.8, 4) is 0 Å². The van der Waals surface area contributed by atoms with E-state index >= 15 is 0 Å². The van der Waals surface area contributed by atoms with Crippen LogP contribution in [0.3, 0.4) is 0 Å². The maximum atomic E-state index is 13.3. The molecule has 0 saturated heterocycles. The lowest BCUT2D eigenvalue weighted by Gasteiger charge is -2.18. The number of carbonyl (C=O) groups is 1. The first-order chi connectivity index (χ1) is 9.93. The Morgan fingerprint density at radius 1 is 1.43 bits per heavy atom. The van der Waals surface area contributed by atoms with E-state index in [9.17, 15) is 9.18 Å². The molecular formula is C15H19ClFN3O. The van der Waals surface area contributed by atoms with Gasteiger partial charge in [-0.3, -0.25) is 4.79 Å². The Labute approximate surface area is 128 Å². The van der Waals surface area contributed by atoms with Crippen molar-refractivity contribution in [2.45, 2.75) is 39.3 Å². The molecule has 1 aromatic carbocycles. The monoisotopic (exact) mass is 311 g/mol. The van der Waals surface area contributed by atoms with Crippen molar-refractivity contribution in [3.05, 3.63) is 29.8 Å². The summed E-state index contributed by atoms with van der Waals surface area (Å²) in [5.41, 5.74) is 1.28. The number of benzene rings is 1. The molecular weight excluding hydrogens is 293 g/mol. The van der Waals surface area contributed by atoms with Gasteiger partial charge < -0.3 is 9.88 Å². The highest BCUT2D eigenvalue weighted by Crippen LogP contribution is 2.23. The third-order valence-corrected chi connectivity index (χ3v) is 3.43. The van der Waals surface area contributed by atoms with Crippen LogP contribution in [0.4, 0.5) is 4.39 Å². The van der Waals surface area contributed by atoms with E-state index in [1.807, 2.05) is 18.4 Å². The van der Waals surface area contributed by atoms with Gasteiger partial charge in [0, 0.05) is 24.4 Å². The topological polar surface area (TPSA) is 46.9 Å². The van der Waals surface area contributed by atoms with E-state index in [0.717, 1.165) is 5.52 Å². The second-order valence-electron chi connectivity index (χ2n) is 5.31.